The number of amides is 1. The second-order valence-electron chi connectivity index (χ2n) is 4.53. The third-order valence-corrected chi connectivity index (χ3v) is 2.94. The van der Waals surface area contributed by atoms with E-state index in [1.54, 1.807) is 13.1 Å². The van der Waals surface area contributed by atoms with Gasteiger partial charge in [0, 0.05) is 32.0 Å². The predicted molar refractivity (Wildman–Crippen MR) is 59.3 cm³/mol. The minimum absolute atomic E-state index is 0.467. The summed E-state index contributed by atoms with van der Waals surface area (Å²) in [5.41, 5.74) is 10.1. The molecule has 6 nitrogen and oxygen atoms in total. The minimum atomic E-state index is -0.977. The highest BCUT2D eigenvalue weighted by Gasteiger charge is 2.30. The molecule has 6 heteroatoms. The molecule has 1 unspecified atom stereocenters. The third kappa shape index (κ3) is 2.07. The van der Waals surface area contributed by atoms with Crippen LogP contribution >= 0.6 is 0 Å². The Labute approximate surface area is 94.2 Å². The van der Waals surface area contributed by atoms with E-state index in [1.165, 1.54) is 0 Å². The Bertz CT molecular complexity index is 398. The molecule has 0 spiro atoms. The van der Waals surface area contributed by atoms with Gasteiger partial charge in [-0.25, -0.2) is 4.98 Å². The first-order chi connectivity index (χ1) is 7.49. The summed E-state index contributed by atoms with van der Waals surface area (Å²) < 4.78 is 2.11. The number of hydrogen-bond acceptors (Lipinski definition) is 4. The summed E-state index contributed by atoms with van der Waals surface area (Å²) in [6, 6.07) is 0. The first-order valence-electron chi connectivity index (χ1n) is 5.30. The molecule has 0 fully saturated rings. The van der Waals surface area contributed by atoms with E-state index in [-0.39, 0.29) is 0 Å². The number of imidazole rings is 1. The van der Waals surface area contributed by atoms with Gasteiger partial charge in [0.05, 0.1) is 6.54 Å². The summed E-state index contributed by atoms with van der Waals surface area (Å²) in [4.78, 5) is 17.5. The summed E-state index contributed by atoms with van der Waals surface area (Å²) >= 11 is 0. The summed E-state index contributed by atoms with van der Waals surface area (Å²) in [6.07, 6.45) is 3.75. The topological polar surface area (TPSA) is 90.2 Å². The van der Waals surface area contributed by atoms with Gasteiger partial charge in [-0.05, 0) is 6.92 Å². The molecule has 16 heavy (non-hydrogen) atoms. The van der Waals surface area contributed by atoms with Crippen molar-refractivity contribution in [3.05, 3.63) is 18.2 Å². The Balaban J connectivity index is 2.02. The van der Waals surface area contributed by atoms with Gasteiger partial charge in [0.25, 0.3) is 0 Å². The zero-order chi connectivity index (χ0) is 11.8. The van der Waals surface area contributed by atoms with E-state index >= 15 is 0 Å². The van der Waals surface area contributed by atoms with Crippen molar-refractivity contribution in [2.45, 2.75) is 25.6 Å². The van der Waals surface area contributed by atoms with E-state index in [1.807, 2.05) is 6.20 Å². The monoisotopic (exact) mass is 223 g/mol. The number of aromatic nitrogens is 2. The molecule has 0 saturated carbocycles. The molecule has 0 saturated heterocycles. The number of rotatable bonds is 3. The van der Waals surface area contributed by atoms with Gasteiger partial charge < -0.3 is 16.0 Å². The second-order valence-corrected chi connectivity index (χ2v) is 4.53. The van der Waals surface area contributed by atoms with Crippen LogP contribution in [0.5, 0.6) is 0 Å². The molecule has 1 aromatic heterocycles. The molecule has 88 valence electrons. The van der Waals surface area contributed by atoms with E-state index in [9.17, 15) is 4.79 Å². The molecule has 1 amide bonds. The van der Waals surface area contributed by atoms with Crippen LogP contribution in [-0.4, -0.2) is 39.0 Å². The highest BCUT2D eigenvalue weighted by atomic mass is 16.1. The number of hydrogen-bond donors (Lipinski definition) is 2. The SMILES string of the molecule is CC(N)(CN1CCn2ccnc2C1)C(N)=O. The van der Waals surface area contributed by atoms with Crippen molar-refractivity contribution >= 4 is 5.91 Å². The van der Waals surface area contributed by atoms with Gasteiger partial charge >= 0.3 is 0 Å². The molecule has 0 radical (unpaired) electrons. The van der Waals surface area contributed by atoms with Crippen LogP contribution in [0, 0.1) is 0 Å². The molecular weight excluding hydrogens is 206 g/mol. The second kappa shape index (κ2) is 3.88. The molecule has 2 rings (SSSR count). The highest BCUT2D eigenvalue weighted by molar-refractivity contribution is 5.84. The molecule has 1 aliphatic heterocycles. The van der Waals surface area contributed by atoms with Crippen LogP contribution in [-0.2, 0) is 17.9 Å². The third-order valence-electron chi connectivity index (χ3n) is 2.94. The van der Waals surface area contributed by atoms with Crippen molar-refractivity contribution in [2.24, 2.45) is 11.5 Å². The summed E-state index contributed by atoms with van der Waals surface area (Å²) in [6.45, 7) is 4.59. The van der Waals surface area contributed by atoms with Crippen LogP contribution in [0.15, 0.2) is 12.4 Å². The minimum Gasteiger partial charge on any atom is -0.368 e. The average Bonchev–Trinajstić information content (AvgIpc) is 2.63. The molecular formula is C10H17N5O. The molecule has 2 heterocycles. The van der Waals surface area contributed by atoms with Crippen LogP contribution in [0.3, 0.4) is 0 Å². The lowest BCUT2D eigenvalue weighted by molar-refractivity contribution is -0.123. The van der Waals surface area contributed by atoms with E-state index in [0.717, 1.165) is 18.9 Å². The van der Waals surface area contributed by atoms with E-state index in [0.29, 0.717) is 13.1 Å². The summed E-state index contributed by atoms with van der Waals surface area (Å²) in [7, 11) is 0. The van der Waals surface area contributed by atoms with E-state index < -0.39 is 11.4 Å². The first-order valence-corrected chi connectivity index (χ1v) is 5.30. The molecule has 1 aromatic rings. The largest absolute Gasteiger partial charge is 0.368 e. The first kappa shape index (κ1) is 11.1. The predicted octanol–water partition coefficient (Wildman–Crippen LogP) is -1.10. The van der Waals surface area contributed by atoms with Crippen molar-refractivity contribution in [1.29, 1.82) is 0 Å². The van der Waals surface area contributed by atoms with Gasteiger partial charge in [-0.1, -0.05) is 0 Å². The van der Waals surface area contributed by atoms with Crippen LogP contribution in [0.1, 0.15) is 12.7 Å². The van der Waals surface area contributed by atoms with Crippen LogP contribution < -0.4 is 11.5 Å². The summed E-state index contributed by atoms with van der Waals surface area (Å²) in [5.74, 6) is 0.535. The quantitative estimate of drug-likeness (QED) is 0.680. The fourth-order valence-electron chi connectivity index (χ4n) is 1.90. The Morgan fingerprint density at radius 1 is 1.62 bits per heavy atom. The fourth-order valence-corrected chi connectivity index (χ4v) is 1.90. The van der Waals surface area contributed by atoms with Crippen molar-refractivity contribution < 1.29 is 4.79 Å². The number of carbonyl (C=O) groups excluding carboxylic acids is 1. The van der Waals surface area contributed by atoms with Gasteiger partial charge in [0.2, 0.25) is 5.91 Å². The smallest absolute Gasteiger partial charge is 0.238 e. The number of primary amides is 1. The highest BCUT2D eigenvalue weighted by Crippen LogP contribution is 2.12. The number of carbonyl (C=O) groups is 1. The lowest BCUT2D eigenvalue weighted by Gasteiger charge is -2.33. The van der Waals surface area contributed by atoms with Crippen molar-refractivity contribution in [2.75, 3.05) is 13.1 Å². The maximum absolute atomic E-state index is 11.1. The Hall–Kier alpha value is -1.40. The lowest BCUT2D eigenvalue weighted by atomic mass is 10.0. The summed E-state index contributed by atoms with van der Waals surface area (Å²) in [5, 5.41) is 0. The van der Waals surface area contributed by atoms with Crippen molar-refractivity contribution in [3.8, 4) is 0 Å². The molecule has 4 N–H and O–H groups in total. The fraction of sp³-hybridized carbons (Fsp3) is 0.600. The normalized spacial score (nSPS) is 20.1. The van der Waals surface area contributed by atoms with Gasteiger partial charge in [-0.2, -0.15) is 0 Å². The Morgan fingerprint density at radius 2 is 2.38 bits per heavy atom. The number of nitrogens with two attached hydrogens (primary N) is 2. The maximum Gasteiger partial charge on any atom is 0.238 e. The van der Waals surface area contributed by atoms with E-state index in [2.05, 4.69) is 14.5 Å². The van der Waals surface area contributed by atoms with Crippen LogP contribution in [0.2, 0.25) is 0 Å². The molecule has 0 aliphatic carbocycles. The van der Waals surface area contributed by atoms with Crippen molar-refractivity contribution in [1.82, 2.24) is 14.5 Å². The van der Waals surface area contributed by atoms with Crippen LogP contribution in [0.4, 0.5) is 0 Å². The molecule has 0 bridgehead atoms. The molecule has 0 aromatic carbocycles. The maximum atomic E-state index is 11.1. The van der Waals surface area contributed by atoms with Gasteiger partial charge in [0.15, 0.2) is 0 Å². The lowest BCUT2D eigenvalue weighted by Crippen LogP contribution is -2.57. The molecule has 1 atom stereocenters. The Morgan fingerprint density at radius 3 is 3.06 bits per heavy atom. The van der Waals surface area contributed by atoms with Crippen molar-refractivity contribution in [3.63, 3.8) is 0 Å². The van der Waals surface area contributed by atoms with E-state index in [4.69, 9.17) is 11.5 Å². The van der Waals surface area contributed by atoms with Gasteiger partial charge in [-0.3, -0.25) is 9.69 Å². The van der Waals surface area contributed by atoms with Gasteiger partial charge in [-0.15, -0.1) is 0 Å². The number of nitrogens with zero attached hydrogens (tertiary/aromatic N) is 3. The zero-order valence-corrected chi connectivity index (χ0v) is 9.39. The van der Waals surface area contributed by atoms with Crippen LogP contribution in [0.25, 0.3) is 0 Å². The molecule has 1 aliphatic rings. The number of fused-ring (bicyclic) bond motifs is 1. The standard InChI is InChI=1S/C10H17N5O/c1-10(12,9(11)16)7-14-4-5-15-3-2-13-8(15)6-14/h2-3H,4-7,12H2,1H3,(H2,11,16). The Kier molecular flexibility index (Phi) is 2.69. The van der Waals surface area contributed by atoms with Gasteiger partial charge in [0.1, 0.15) is 11.4 Å². The zero-order valence-electron chi connectivity index (χ0n) is 9.39. The average molecular weight is 223 g/mol.